The third-order valence-corrected chi connectivity index (χ3v) is 6.88. The third kappa shape index (κ3) is 4.37. The number of nitriles is 1. The number of benzene rings is 1. The summed E-state index contributed by atoms with van der Waals surface area (Å²) in [6.45, 7) is 2.25. The number of rotatable bonds is 6. The molecule has 2 aliphatic carbocycles. The second-order valence-corrected chi connectivity index (χ2v) is 8.57. The van der Waals surface area contributed by atoms with Gasteiger partial charge in [0.15, 0.2) is 0 Å². The molecule has 2 heteroatoms. The molecule has 0 heterocycles. The summed E-state index contributed by atoms with van der Waals surface area (Å²) in [6.07, 6.45) is 12.6. The van der Waals surface area contributed by atoms with Crippen molar-refractivity contribution in [2.45, 2.75) is 89.9 Å². The van der Waals surface area contributed by atoms with Crippen LogP contribution in [0.2, 0.25) is 0 Å². The van der Waals surface area contributed by atoms with Gasteiger partial charge in [-0.1, -0.05) is 44.0 Å². The molecule has 0 unspecified atom stereocenters. The van der Waals surface area contributed by atoms with E-state index in [1.54, 1.807) is 0 Å². The molecule has 0 aliphatic heterocycles. The average Bonchev–Trinajstić information content (AvgIpc) is 2.69. The highest BCUT2D eigenvalue weighted by molar-refractivity contribution is 5.79. The van der Waals surface area contributed by atoms with Crippen molar-refractivity contribution in [1.82, 2.24) is 0 Å². The summed E-state index contributed by atoms with van der Waals surface area (Å²) in [5.74, 6) is 1.26. The summed E-state index contributed by atoms with van der Waals surface area (Å²) in [6, 6.07) is 11.9. The highest BCUT2D eigenvalue weighted by atomic mass is 16.1. The van der Waals surface area contributed by atoms with E-state index in [1.165, 1.54) is 36.8 Å². The maximum Gasteiger partial charge on any atom is 0.133 e. The van der Waals surface area contributed by atoms with E-state index in [-0.39, 0.29) is 5.41 Å². The average molecular weight is 352 g/mol. The van der Waals surface area contributed by atoms with E-state index in [9.17, 15) is 10.1 Å². The lowest BCUT2D eigenvalue weighted by Gasteiger charge is -2.42. The van der Waals surface area contributed by atoms with Gasteiger partial charge in [-0.05, 0) is 74.3 Å². The quantitative estimate of drug-likeness (QED) is 0.561. The fourth-order valence-electron chi connectivity index (χ4n) is 5.11. The van der Waals surface area contributed by atoms with Gasteiger partial charge in [-0.25, -0.2) is 0 Å². The van der Waals surface area contributed by atoms with Crippen molar-refractivity contribution >= 4 is 5.78 Å². The third-order valence-electron chi connectivity index (χ3n) is 6.88. The van der Waals surface area contributed by atoms with Crippen LogP contribution in [0.15, 0.2) is 24.3 Å². The van der Waals surface area contributed by atoms with Crippen molar-refractivity contribution in [2.24, 2.45) is 11.3 Å². The highest BCUT2D eigenvalue weighted by Crippen LogP contribution is 2.50. The van der Waals surface area contributed by atoms with Crippen molar-refractivity contribution in [3.05, 3.63) is 35.4 Å². The van der Waals surface area contributed by atoms with Crippen molar-refractivity contribution < 1.29 is 4.79 Å². The molecular formula is C24H33NO. The fraction of sp³-hybridized carbons (Fsp3) is 0.667. The van der Waals surface area contributed by atoms with Gasteiger partial charge in [0, 0.05) is 12.8 Å². The Morgan fingerprint density at radius 1 is 1.12 bits per heavy atom. The zero-order chi connectivity index (χ0) is 18.4. The van der Waals surface area contributed by atoms with Crippen molar-refractivity contribution in [1.29, 1.82) is 5.26 Å². The molecule has 0 saturated heterocycles. The molecule has 2 saturated carbocycles. The summed E-state index contributed by atoms with van der Waals surface area (Å²) < 4.78 is 0. The van der Waals surface area contributed by atoms with Crippen LogP contribution in [0, 0.1) is 22.7 Å². The number of Topliss-reactive ketones (excluding diaryl/α,β-unsaturated/α-hetero) is 1. The van der Waals surface area contributed by atoms with Crippen LogP contribution in [0.4, 0.5) is 0 Å². The van der Waals surface area contributed by atoms with Gasteiger partial charge < -0.3 is 0 Å². The van der Waals surface area contributed by atoms with Gasteiger partial charge in [0.25, 0.3) is 0 Å². The molecule has 0 amide bonds. The lowest BCUT2D eigenvalue weighted by Crippen LogP contribution is -2.36. The SMILES string of the molecule is CCCCCc1ccc(C2CCC(C#N)([C@@H]3CCCC(=O)C3)CC2)cc1. The van der Waals surface area contributed by atoms with E-state index in [2.05, 4.69) is 37.3 Å². The summed E-state index contributed by atoms with van der Waals surface area (Å²) in [5, 5.41) is 9.91. The Bertz CT molecular complexity index is 631. The van der Waals surface area contributed by atoms with E-state index in [0.29, 0.717) is 24.0 Å². The van der Waals surface area contributed by atoms with E-state index < -0.39 is 0 Å². The Morgan fingerprint density at radius 3 is 2.46 bits per heavy atom. The number of nitrogens with zero attached hydrogens (tertiary/aromatic N) is 1. The first-order valence-corrected chi connectivity index (χ1v) is 10.7. The van der Waals surface area contributed by atoms with Crippen LogP contribution < -0.4 is 0 Å². The first-order chi connectivity index (χ1) is 12.7. The molecule has 140 valence electrons. The second kappa shape index (κ2) is 8.85. The Hall–Kier alpha value is -1.62. The standard InChI is InChI=1S/C24H33NO/c1-2-3-4-6-19-9-11-20(12-10-19)21-13-15-24(18-25,16-14-21)22-7-5-8-23(26)17-22/h9-12,21-22H,2-8,13-17H2,1H3/t21?,22-,24?/m1/s1. The number of aryl methyl sites for hydroxylation is 1. The van der Waals surface area contributed by atoms with Crippen molar-refractivity contribution in [3.8, 4) is 6.07 Å². The molecule has 0 spiro atoms. The Kier molecular flexibility index (Phi) is 6.52. The minimum absolute atomic E-state index is 0.243. The zero-order valence-corrected chi connectivity index (χ0v) is 16.3. The highest BCUT2D eigenvalue weighted by Gasteiger charge is 2.43. The molecule has 2 aliphatic rings. The summed E-state index contributed by atoms with van der Waals surface area (Å²) in [7, 11) is 0. The monoisotopic (exact) mass is 351 g/mol. The molecule has 2 fully saturated rings. The maximum absolute atomic E-state index is 11.9. The largest absolute Gasteiger partial charge is 0.300 e. The Morgan fingerprint density at radius 2 is 1.85 bits per heavy atom. The predicted molar refractivity (Wildman–Crippen MR) is 106 cm³/mol. The van der Waals surface area contributed by atoms with Gasteiger partial charge in [-0.3, -0.25) is 4.79 Å². The van der Waals surface area contributed by atoms with Gasteiger partial charge in [0.2, 0.25) is 0 Å². The number of hydrogen-bond acceptors (Lipinski definition) is 2. The summed E-state index contributed by atoms with van der Waals surface area (Å²) in [5.41, 5.74) is 2.65. The van der Waals surface area contributed by atoms with Gasteiger partial charge in [0.05, 0.1) is 11.5 Å². The number of ketones is 1. The summed E-state index contributed by atoms with van der Waals surface area (Å²) >= 11 is 0. The van der Waals surface area contributed by atoms with Crippen molar-refractivity contribution in [2.75, 3.05) is 0 Å². The van der Waals surface area contributed by atoms with Crippen LogP contribution in [0.25, 0.3) is 0 Å². The van der Waals surface area contributed by atoms with Gasteiger partial charge in [-0.15, -0.1) is 0 Å². The van der Waals surface area contributed by atoms with Crippen molar-refractivity contribution in [3.63, 3.8) is 0 Å². The van der Waals surface area contributed by atoms with Gasteiger partial charge in [-0.2, -0.15) is 5.26 Å². The molecule has 1 aromatic carbocycles. The van der Waals surface area contributed by atoms with Crippen LogP contribution in [0.1, 0.15) is 94.6 Å². The van der Waals surface area contributed by atoms with Crippen LogP contribution in [-0.2, 0) is 11.2 Å². The zero-order valence-electron chi connectivity index (χ0n) is 16.3. The smallest absolute Gasteiger partial charge is 0.133 e. The molecule has 2 nitrogen and oxygen atoms in total. The van der Waals surface area contributed by atoms with Crippen LogP contribution in [-0.4, -0.2) is 5.78 Å². The van der Waals surface area contributed by atoms with Gasteiger partial charge >= 0.3 is 0 Å². The number of unbranched alkanes of at least 4 members (excludes halogenated alkanes) is 2. The van der Waals surface area contributed by atoms with E-state index in [0.717, 1.165) is 44.9 Å². The number of carbonyl (C=O) groups is 1. The minimum atomic E-state index is -0.243. The van der Waals surface area contributed by atoms with Crippen LogP contribution in [0.5, 0.6) is 0 Å². The molecular weight excluding hydrogens is 318 g/mol. The molecule has 26 heavy (non-hydrogen) atoms. The number of carbonyl (C=O) groups excluding carboxylic acids is 1. The lowest BCUT2D eigenvalue weighted by atomic mass is 9.60. The second-order valence-electron chi connectivity index (χ2n) is 8.57. The van der Waals surface area contributed by atoms with Crippen LogP contribution >= 0.6 is 0 Å². The predicted octanol–water partition coefficient (Wildman–Crippen LogP) is 6.35. The number of hydrogen-bond donors (Lipinski definition) is 0. The van der Waals surface area contributed by atoms with E-state index >= 15 is 0 Å². The molecule has 0 bridgehead atoms. The topological polar surface area (TPSA) is 40.9 Å². The Labute approximate surface area is 159 Å². The molecule has 1 aromatic rings. The molecule has 3 rings (SSSR count). The normalized spacial score (nSPS) is 29.3. The fourth-order valence-corrected chi connectivity index (χ4v) is 5.11. The molecule has 0 radical (unpaired) electrons. The first-order valence-electron chi connectivity index (χ1n) is 10.7. The minimum Gasteiger partial charge on any atom is -0.300 e. The maximum atomic E-state index is 11.9. The van der Waals surface area contributed by atoms with E-state index in [1.807, 2.05) is 0 Å². The van der Waals surface area contributed by atoms with Gasteiger partial charge in [0.1, 0.15) is 5.78 Å². The summed E-state index contributed by atoms with van der Waals surface area (Å²) in [4.78, 5) is 11.9. The van der Waals surface area contributed by atoms with Crippen LogP contribution in [0.3, 0.4) is 0 Å². The van der Waals surface area contributed by atoms with E-state index in [4.69, 9.17) is 0 Å². The molecule has 0 N–H and O–H groups in total. The molecule has 0 aromatic heterocycles. The lowest BCUT2D eigenvalue weighted by molar-refractivity contribution is -0.123. The molecule has 1 atom stereocenters. The Balaban J connectivity index is 1.58. The first kappa shape index (κ1) is 19.2.